The Labute approximate surface area is 772 Å². The zero-order chi connectivity index (χ0) is 88.7. The second kappa shape index (κ2) is 36.8. The van der Waals surface area contributed by atoms with Crippen molar-refractivity contribution < 1.29 is 0 Å². The predicted octanol–water partition coefficient (Wildman–Crippen LogP) is 35.5. The highest BCUT2D eigenvalue weighted by Crippen LogP contribution is 2.50. The maximum atomic E-state index is 5.51. The third-order valence-corrected chi connectivity index (χ3v) is 26.9. The minimum absolute atomic E-state index is 0.265. The van der Waals surface area contributed by atoms with E-state index < -0.39 is 0 Å². The topological polar surface area (TPSA) is 0 Å². The highest BCUT2D eigenvalue weighted by Gasteiger charge is 2.35. The molecule has 132 heavy (non-hydrogen) atoms. The van der Waals surface area contributed by atoms with E-state index >= 15 is 0 Å². The zero-order valence-electron chi connectivity index (χ0n) is 73.4. The van der Waals surface area contributed by atoms with Crippen LogP contribution in [0.2, 0.25) is 0 Å². The van der Waals surface area contributed by atoms with Gasteiger partial charge in [0.1, 0.15) is 0 Å². The highest BCUT2D eigenvalue weighted by molar-refractivity contribution is 6.44. The predicted molar refractivity (Wildman–Crippen MR) is 569 cm³/mol. The summed E-state index contributed by atoms with van der Waals surface area (Å²) in [6.07, 6.45) is 23.2. The first-order chi connectivity index (χ1) is 65.3. The summed E-state index contributed by atoms with van der Waals surface area (Å²) >= 11 is 0. The van der Waals surface area contributed by atoms with Crippen molar-refractivity contribution in [2.75, 3.05) is 0 Å². The Kier molecular flexibility index (Phi) is 22.9. The number of fused-ring (bicyclic) bond motifs is 11. The van der Waals surface area contributed by atoms with E-state index in [2.05, 4.69) is 461 Å². The summed E-state index contributed by atoms with van der Waals surface area (Å²) in [7, 11) is 0. The molecule has 1 aliphatic carbocycles. The van der Waals surface area contributed by atoms with E-state index in [1.165, 1.54) is 206 Å². The molecule has 0 bridgehead atoms. The molecule has 0 atom stereocenters. The van der Waals surface area contributed by atoms with E-state index in [0.717, 1.165) is 50.1 Å². The van der Waals surface area contributed by atoms with Crippen molar-refractivity contribution in [1.29, 1.82) is 0 Å². The summed E-state index contributed by atoms with van der Waals surface area (Å²) < 4.78 is 0. The number of benzene rings is 25. The minimum Gasteiger partial charge on any atom is -0.115 e. The molecule has 620 valence electrons. The molecule has 25 aromatic carbocycles. The van der Waals surface area contributed by atoms with Gasteiger partial charge in [-0.2, -0.15) is 0 Å². The van der Waals surface area contributed by atoms with Crippen molar-refractivity contribution in [3.8, 4) is 104 Å². The Bertz CT molecular complexity index is 7510. The molecule has 0 heterocycles. The first kappa shape index (κ1) is 82.1. The van der Waals surface area contributed by atoms with Crippen LogP contribution in [0.25, 0.3) is 196 Å². The Morgan fingerprint density at radius 2 is 0.341 bits per heavy atom. The van der Waals surface area contributed by atoms with Crippen LogP contribution in [0, 0.1) is 37.0 Å². The number of terminal acetylenes is 3. The van der Waals surface area contributed by atoms with Gasteiger partial charge in [-0.15, -0.1) is 19.3 Å². The molecule has 1 fully saturated rings. The molecule has 0 radical (unpaired) electrons. The molecule has 0 unspecified atom stereocenters. The fourth-order valence-electron chi connectivity index (χ4n) is 20.4. The number of hydrogen-bond donors (Lipinski definition) is 0. The summed E-state index contributed by atoms with van der Waals surface area (Å²) in [5.74, 6) is 8.01. The van der Waals surface area contributed by atoms with Gasteiger partial charge >= 0.3 is 0 Å². The monoisotopic (exact) mass is 1680 g/mol. The van der Waals surface area contributed by atoms with E-state index in [1.54, 1.807) is 0 Å². The van der Waals surface area contributed by atoms with E-state index in [1.807, 2.05) is 36.4 Å². The van der Waals surface area contributed by atoms with Gasteiger partial charge in [-0.3, -0.25) is 0 Å². The molecule has 0 aliphatic heterocycles. The summed E-state index contributed by atoms with van der Waals surface area (Å²) in [5, 5.41) is 32.7. The molecular formula is C132H92. The van der Waals surface area contributed by atoms with Crippen LogP contribution in [0.4, 0.5) is 0 Å². The molecule has 1 aliphatic rings. The zero-order valence-corrected chi connectivity index (χ0v) is 73.4. The first-order valence-corrected chi connectivity index (χ1v) is 45.7. The molecule has 0 aromatic heterocycles. The maximum Gasteiger partial charge on any atom is 0.0243 e. The van der Waals surface area contributed by atoms with Crippen molar-refractivity contribution in [2.24, 2.45) is 0 Å². The first-order valence-electron chi connectivity index (χ1n) is 45.7. The van der Waals surface area contributed by atoms with E-state index in [-0.39, 0.29) is 5.41 Å². The van der Waals surface area contributed by atoms with Gasteiger partial charge in [0, 0.05) is 22.1 Å². The van der Waals surface area contributed by atoms with Gasteiger partial charge in [0.25, 0.3) is 0 Å². The van der Waals surface area contributed by atoms with Crippen molar-refractivity contribution >= 4 is 129 Å². The van der Waals surface area contributed by atoms with Crippen LogP contribution in [-0.2, 0) is 5.41 Å². The lowest BCUT2D eigenvalue weighted by Crippen LogP contribution is -2.30. The van der Waals surface area contributed by atoms with Gasteiger partial charge in [-0.1, -0.05) is 443 Å². The third-order valence-electron chi connectivity index (χ3n) is 26.9. The normalized spacial score (nSPS) is 12.1. The standard InChI is InChI=1S/C30H18.C24H12.C24H18.2C18H12.C18H20/c1-4-22-7-13-25(14-8-22)28-19-29(26-15-9-23(5-2)10-16-26)21-30(20-28)27-17-11-24(6-3)12-18-27;1-2-14-5-6-16-9-11-18-12-10-17-8-7-15-4-3-13(1)19-20(14)22(16)24(18)23(17)21(15)19;1-4-10-19(11-5-1)22-16-23(20-12-6-2-7-13-20)18-24(17-22)21-14-8-3-9-15-21;1-3-7-15-13(5-1)9-11-18-16-8-4-2-6-14(16)10-12-17(15)18;1-2-8-14-13(7-1)15-9-3-4-11-17(15)18-12-6-5-10-16(14)18;1-4-10-16(11-5-1)18(14-8-3-9-15-18)17-12-6-2-7-13-17/h1-3,7-21H;1-12H;1-18H;2*1-12H;1-2,4-7,10-13H,3,8-9,14-15H2. The molecule has 0 nitrogen and oxygen atoms in total. The molecular weight excluding hydrogens is 1590 g/mol. The average Bonchev–Trinajstić information content (AvgIpc) is 0.686. The Hall–Kier alpha value is -16.9. The van der Waals surface area contributed by atoms with Crippen molar-refractivity contribution in [2.45, 2.75) is 37.5 Å². The molecule has 0 heteroatoms. The van der Waals surface area contributed by atoms with Gasteiger partial charge in [0.2, 0.25) is 0 Å². The fourth-order valence-corrected chi connectivity index (χ4v) is 20.4. The Morgan fingerprint density at radius 3 is 0.576 bits per heavy atom. The summed E-state index contributed by atoms with van der Waals surface area (Å²) in [6.45, 7) is 0. The average molecular weight is 1680 g/mol. The highest BCUT2D eigenvalue weighted by atomic mass is 14.4. The van der Waals surface area contributed by atoms with Crippen LogP contribution in [0.3, 0.4) is 0 Å². The van der Waals surface area contributed by atoms with Gasteiger partial charge in [-0.05, 0) is 293 Å². The van der Waals surface area contributed by atoms with E-state index in [9.17, 15) is 0 Å². The van der Waals surface area contributed by atoms with Gasteiger partial charge in [0.15, 0.2) is 0 Å². The molecule has 0 spiro atoms. The fraction of sp³-hybridized carbons (Fsp3) is 0.0455. The number of rotatable bonds is 8. The van der Waals surface area contributed by atoms with Crippen LogP contribution in [0.15, 0.2) is 479 Å². The SMILES string of the molecule is C#Cc1ccc(-c2cc(-c3ccc(C#C)cc3)cc(-c3ccc(C#C)cc3)c2)cc1.c1cc2ccc3ccc4ccc5ccc6ccc1c1c2c3c4c5c61.c1ccc(-c2cc(-c3ccccc3)cc(-c3ccccc3)c2)cc1.c1ccc(C2(c3ccccc3)CCCCC2)cc1.c1ccc2c(c1)c1ccccc1c1ccccc21.c1ccc2c(c1)ccc1c3ccccc3ccc21. The van der Waals surface area contributed by atoms with E-state index in [4.69, 9.17) is 19.3 Å². The molecule has 1 saturated carbocycles. The molecule has 25 aromatic rings. The quantitative estimate of drug-likeness (QED) is 0.0808. The Balaban J connectivity index is 0.0000000964. The second-order valence-electron chi connectivity index (χ2n) is 34.5. The van der Waals surface area contributed by atoms with Crippen LogP contribution >= 0.6 is 0 Å². The Morgan fingerprint density at radius 1 is 0.152 bits per heavy atom. The summed E-state index contributed by atoms with van der Waals surface area (Å²) in [5.41, 5.74) is 20.0. The van der Waals surface area contributed by atoms with Crippen molar-refractivity contribution in [3.05, 3.63) is 507 Å². The number of hydrogen-bond acceptors (Lipinski definition) is 0. The van der Waals surface area contributed by atoms with E-state index in [0.29, 0.717) is 0 Å². The molecule has 0 amide bonds. The lowest BCUT2D eigenvalue weighted by Gasteiger charge is -2.38. The lowest BCUT2D eigenvalue weighted by atomic mass is 9.65. The summed E-state index contributed by atoms with van der Waals surface area (Å²) in [4.78, 5) is 0. The van der Waals surface area contributed by atoms with Crippen molar-refractivity contribution in [1.82, 2.24) is 0 Å². The molecule has 26 rings (SSSR count). The van der Waals surface area contributed by atoms with Gasteiger partial charge in [0.05, 0.1) is 0 Å². The van der Waals surface area contributed by atoms with Crippen LogP contribution in [0.5, 0.6) is 0 Å². The lowest BCUT2D eigenvalue weighted by molar-refractivity contribution is 0.346. The van der Waals surface area contributed by atoms with Crippen molar-refractivity contribution in [3.63, 3.8) is 0 Å². The minimum atomic E-state index is 0.265. The maximum absolute atomic E-state index is 5.51. The third kappa shape index (κ3) is 16.2. The molecule has 0 saturated heterocycles. The van der Waals surface area contributed by atoms with Crippen LogP contribution in [0.1, 0.15) is 59.9 Å². The van der Waals surface area contributed by atoms with Gasteiger partial charge in [-0.25, -0.2) is 0 Å². The second-order valence-corrected chi connectivity index (χ2v) is 34.5. The largest absolute Gasteiger partial charge is 0.115 e. The van der Waals surface area contributed by atoms with Crippen LogP contribution in [-0.4, -0.2) is 0 Å². The summed E-state index contributed by atoms with van der Waals surface area (Å²) in [6, 6.07) is 171. The smallest absolute Gasteiger partial charge is 0.0243 e. The van der Waals surface area contributed by atoms with Crippen LogP contribution < -0.4 is 0 Å². The molecule has 0 N–H and O–H groups in total. The van der Waals surface area contributed by atoms with Gasteiger partial charge < -0.3 is 0 Å².